The number of benzene rings is 2. The number of carbonyl (C=O) groups excluding carboxylic acids is 2. The lowest BCUT2D eigenvalue weighted by molar-refractivity contribution is -0.140. The van der Waals surface area contributed by atoms with Gasteiger partial charge in [0.2, 0.25) is 11.8 Å². The van der Waals surface area contributed by atoms with E-state index in [9.17, 15) is 9.59 Å². The molecule has 7 heteroatoms. The predicted octanol–water partition coefficient (Wildman–Crippen LogP) is 3.95. The van der Waals surface area contributed by atoms with Gasteiger partial charge in [-0.1, -0.05) is 34.1 Å². The van der Waals surface area contributed by atoms with E-state index in [0.29, 0.717) is 31.0 Å². The molecule has 6 nitrogen and oxygen atoms in total. The minimum absolute atomic E-state index is 0.0774. The van der Waals surface area contributed by atoms with E-state index in [0.717, 1.165) is 15.6 Å². The van der Waals surface area contributed by atoms with Crippen molar-refractivity contribution in [2.24, 2.45) is 0 Å². The van der Waals surface area contributed by atoms with Gasteiger partial charge in [0.15, 0.2) is 11.5 Å². The molecule has 0 aliphatic carbocycles. The van der Waals surface area contributed by atoms with E-state index in [1.807, 2.05) is 49.4 Å². The largest absolute Gasteiger partial charge is 0.493 e. The van der Waals surface area contributed by atoms with Crippen molar-refractivity contribution in [3.8, 4) is 11.5 Å². The SMILES string of the molecule is CCNC(=O)[C@H](C)N(Cc1ccc(Br)cc1)C(=O)CCc1ccc(OC)c(OC)c1. The number of methoxy groups -OCH3 is 2. The quantitative estimate of drug-likeness (QED) is 0.563. The van der Waals surface area contributed by atoms with E-state index in [4.69, 9.17) is 9.47 Å². The predicted molar refractivity (Wildman–Crippen MR) is 121 cm³/mol. The smallest absolute Gasteiger partial charge is 0.242 e. The normalized spacial score (nSPS) is 11.5. The fourth-order valence-electron chi connectivity index (χ4n) is 3.12. The van der Waals surface area contributed by atoms with Gasteiger partial charge < -0.3 is 19.7 Å². The fraction of sp³-hybridized carbons (Fsp3) is 0.391. The average molecular weight is 477 g/mol. The lowest BCUT2D eigenvalue weighted by Crippen LogP contribution is -2.47. The second-order valence-corrected chi connectivity index (χ2v) is 7.82. The van der Waals surface area contributed by atoms with Crippen LogP contribution in [0.5, 0.6) is 11.5 Å². The summed E-state index contributed by atoms with van der Waals surface area (Å²) in [6.07, 6.45) is 0.827. The van der Waals surface area contributed by atoms with Gasteiger partial charge in [0.25, 0.3) is 0 Å². The molecule has 0 heterocycles. The average Bonchev–Trinajstić information content (AvgIpc) is 2.76. The van der Waals surface area contributed by atoms with E-state index in [1.165, 1.54) is 0 Å². The standard InChI is InChI=1S/C23H29BrN2O4/c1-5-25-23(28)16(2)26(15-18-6-10-19(24)11-7-18)22(27)13-9-17-8-12-20(29-3)21(14-17)30-4/h6-8,10-12,14,16H,5,9,13,15H2,1-4H3,(H,25,28)/t16-/m0/s1. The van der Waals surface area contributed by atoms with E-state index >= 15 is 0 Å². The second kappa shape index (κ2) is 11.6. The van der Waals surface area contributed by atoms with Crippen LogP contribution in [0.25, 0.3) is 0 Å². The molecule has 2 aromatic rings. The second-order valence-electron chi connectivity index (χ2n) is 6.91. The van der Waals surface area contributed by atoms with Gasteiger partial charge in [0.1, 0.15) is 6.04 Å². The minimum atomic E-state index is -0.563. The summed E-state index contributed by atoms with van der Waals surface area (Å²) in [5.41, 5.74) is 1.93. The van der Waals surface area contributed by atoms with Crippen LogP contribution in [-0.2, 0) is 22.6 Å². The van der Waals surface area contributed by atoms with Gasteiger partial charge in [-0.15, -0.1) is 0 Å². The summed E-state index contributed by atoms with van der Waals surface area (Å²) < 4.78 is 11.6. The molecule has 0 aromatic heterocycles. The molecule has 0 aliphatic heterocycles. The van der Waals surface area contributed by atoms with Crippen LogP contribution in [0, 0.1) is 0 Å². The highest BCUT2D eigenvalue weighted by molar-refractivity contribution is 9.10. The van der Waals surface area contributed by atoms with E-state index in [2.05, 4.69) is 21.2 Å². The highest BCUT2D eigenvalue weighted by Gasteiger charge is 2.25. The maximum atomic E-state index is 13.1. The first-order chi connectivity index (χ1) is 14.4. The molecule has 2 aromatic carbocycles. The number of rotatable bonds is 10. The topological polar surface area (TPSA) is 67.9 Å². The monoisotopic (exact) mass is 476 g/mol. The molecule has 1 N–H and O–H groups in total. The number of carbonyl (C=O) groups is 2. The van der Waals surface area contributed by atoms with Crippen LogP contribution in [0.2, 0.25) is 0 Å². The van der Waals surface area contributed by atoms with Crippen LogP contribution in [0.15, 0.2) is 46.9 Å². The Morgan fingerprint density at radius 1 is 1.03 bits per heavy atom. The van der Waals surface area contributed by atoms with Crippen LogP contribution in [0.4, 0.5) is 0 Å². The third kappa shape index (κ3) is 6.49. The van der Waals surface area contributed by atoms with Crippen molar-refractivity contribution in [1.29, 1.82) is 0 Å². The number of hydrogen-bond acceptors (Lipinski definition) is 4. The molecular formula is C23H29BrN2O4. The summed E-state index contributed by atoms with van der Waals surface area (Å²) in [5.74, 6) is 1.04. The number of amides is 2. The summed E-state index contributed by atoms with van der Waals surface area (Å²) in [6.45, 7) is 4.52. The van der Waals surface area contributed by atoms with Crippen LogP contribution >= 0.6 is 15.9 Å². The number of aryl methyl sites for hydroxylation is 1. The van der Waals surface area contributed by atoms with Crippen molar-refractivity contribution in [1.82, 2.24) is 10.2 Å². The van der Waals surface area contributed by atoms with Crippen LogP contribution in [-0.4, -0.2) is 43.5 Å². The molecule has 0 fully saturated rings. The Balaban J connectivity index is 2.15. The molecule has 162 valence electrons. The molecule has 0 aliphatic rings. The first-order valence-electron chi connectivity index (χ1n) is 9.92. The number of halogens is 1. The van der Waals surface area contributed by atoms with Gasteiger partial charge in [-0.2, -0.15) is 0 Å². The molecule has 2 rings (SSSR count). The number of nitrogens with zero attached hydrogens (tertiary/aromatic N) is 1. The number of likely N-dealkylation sites (N-methyl/N-ethyl adjacent to an activating group) is 1. The molecular weight excluding hydrogens is 448 g/mol. The van der Waals surface area contributed by atoms with E-state index < -0.39 is 6.04 Å². The molecule has 0 spiro atoms. The molecule has 0 saturated heterocycles. The molecule has 2 amide bonds. The number of hydrogen-bond donors (Lipinski definition) is 1. The van der Waals surface area contributed by atoms with Gasteiger partial charge >= 0.3 is 0 Å². The van der Waals surface area contributed by atoms with Crippen molar-refractivity contribution in [3.05, 3.63) is 58.1 Å². The lowest BCUT2D eigenvalue weighted by atomic mass is 10.1. The highest BCUT2D eigenvalue weighted by atomic mass is 79.9. The summed E-state index contributed by atoms with van der Waals surface area (Å²) in [6, 6.07) is 12.8. The zero-order chi connectivity index (χ0) is 22.1. The molecule has 0 unspecified atom stereocenters. The third-order valence-electron chi connectivity index (χ3n) is 4.86. The van der Waals surface area contributed by atoms with Gasteiger partial charge in [0, 0.05) is 24.0 Å². The molecule has 0 radical (unpaired) electrons. The summed E-state index contributed by atoms with van der Waals surface area (Å²) in [5, 5.41) is 2.81. The van der Waals surface area contributed by atoms with E-state index in [1.54, 1.807) is 26.0 Å². The Labute approximate surface area is 186 Å². The molecule has 0 saturated carbocycles. The maximum absolute atomic E-state index is 13.1. The fourth-order valence-corrected chi connectivity index (χ4v) is 3.39. The van der Waals surface area contributed by atoms with Crippen molar-refractivity contribution < 1.29 is 19.1 Å². The Kier molecular flexibility index (Phi) is 9.17. The van der Waals surface area contributed by atoms with Gasteiger partial charge in [-0.25, -0.2) is 0 Å². The van der Waals surface area contributed by atoms with Crippen molar-refractivity contribution >= 4 is 27.7 Å². The molecule has 1 atom stereocenters. The van der Waals surface area contributed by atoms with Crippen LogP contribution in [0.1, 0.15) is 31.4 Å². The molecule has 30 heavy (non-hydrogen) atoms. The van der Waals surface area contributed by atoms with Crippen LogP contribution < -0.4 is 14.8 Å². The van der Waals surface area contributed by atoms with Crippen molar-refractivity contribution in [2.45, 2.75) is 39.3 Å². The van der Waals surface area contributed by atoms with Gasteiger partial charge in [-0.3, -0.25) is 9.59 Å². The Morgan fingerprint density at radius 3 is 2.27 bits per heavy atom. The third-order valence-corrected chi connectivity index (χ3v) is 5.39. The maximum Gasteiger partial charge on any atom is 0.242 e. The van der Waals surface area contributed by atoms with E-state index in [-0.39, 0.29) is 18.2 Å². The Bertz CT molecular complexity index is 855. The number of nitrogens with one attached hydrogen (secondary N) is 1. The zero-order valence-electron chi connectivity index (χ0n) is 17.9. The minimum Gasteiger partial charge on any atom is -0.493 e. The number of ether oxygens (including phenoxy) is 2. The van der Waals surface area contributed by atoms with Crippen molar-refractivity contribution in [2.75, 3.05) is 20.8 Å². The first kappa shape index (κ1) is 23.7. The summed E-state index contributed by atoms with van der Waals surface area (Å²) in [7, 11) is 3.17. The highest BCUT2D eigenvalue weighted by Crippen LogP contribution is 2.28. The summed E-state index contributed by atoms with van der Waals surface area (Å²) in [4.78, 5) is 27.1. The zero-order valence-corrected chi connectivity index (χ0v) is 19.5. The summed E-state index contributed by atoms with van der Waals surface area (Å²) >= 11 is 3.42. The Morgan fingerprint density at radius 2 is 1.67 bits per heavy atom. The van der Waals surface area contributed by atoms with Gasteiger partial charge in [-0.05, 0) is 55.7 Å². The Hall–Kier alpha value is -2.54. The van der Waals surface area contributed by atoms with Crippen molar-refractivity contribution in [3.63, 3.8) is 0 Å². The molecule has 0 bridgehead atoms. The van der Waals surface area contributed by atoms with Crippen LogP contribution in [0.3, 0.4) is 0 Å². The first-order valence-corrected chi connectivity index (χ1v) is 10.7. The van der Waals surface area contributed by atoms with Gasteiger partial charge in [0.05, 0.1) is 14.2 Å². The lowest BCUT2D eigenvalue weighted by Gasteiger charge is -2.29.